The van der Waals surface area contributed by atoms with E-state index >= 15 is 0 Å². The lowest BCUT2D eigenvalue weighted by atomic mass is 10.1. The molecule has 0 amide bonds. The molecule has 0 atom stereocenters. The Balaban J connectivity index is 1.95. The number of carboxylic acids is 1. The molecule has 0 unspecified atom stereocenters. The highest BCUT2D eigenvalue weighted by Crippen LogP contribution is 2.19. The fourth-order valence-corrected chi connectivity index (χ4v) is 2.70. The van der Waals surface area contributed by atoms with E-state index in [0.29, 0.717) is 6.54 Å². The van der Waals surface area contributed by atoms with Crippen LogP contribution in [-0.4, -0.2) is 22.1 Å². The number of rotatable bonds is 6. The number of carbonyl (C=O) groups is 1. The van der Waals surface area contributed by atoms with Gasteiger partial charge in [-0.25, -0.2) is 4.98 Å². The second-order valence-electron chi connectivity index (χ2n) is 5.54. The van der Waals surface area contributed by atoms with Crippen molar-refractivity contribution < 1.29 is 15.6 Å². The van der Waals surface area contributed by atoms with Crippen LogP contribution in [0.3, 0.4) is 0 Å². The van der Waals surface area contributed by atoms with E-state index in [1.54, 1.807) is 12.1 Å². The Bertz CT molecular complexity index is 822. The Labute approximate surface area is 134 Å². The summed E-state index contributed by atoms with van der Waals surface area (Å²) in [5, 5.41) is 10.8. The van der Waals surface area contributed by atoms with Crippen molar-refractivity contribution in [2.45, 2.75) is 19.4 Å². The summed E-state index contributed by atoms with van der Waals surface area (Å²) >= 11 is 0. The first-order valence-corrected chi connectivity index (χ1v) is 7.72. The van der Waals surface area contributed by atoms with Crippen LogP contribution in [-0.2, 0) is 13.0 Å². The van der Waals surface area contributed by atoms with Gasteiger partial charge in [-0.1, -0.05) is 36.4 Å². The van der Waals surface area contributed by atoms with Crippen LogP contribution < -0.4 is 10.8 Å². The molecule has 2 aromatic carbocycles. The molecule has 1 aromatic heterocycles. The molecule has 0 aliphatic heterocycles. The van der Waals surface area contributed by atoms with E-state index in [-0.39, 0.29) is 5.56 Å². The quantitative estimate of drug-likeness (QED) is 0.724. The van der Waals surface area contributed by atoms with Crippen molar-refractivity contribution in [2.75, 3.05) is 6.54 Å². The number of benzene rings is 2. The average Bonchev–Trinajstić information content (AvgIpc) is 2.91. The van der Waals surface area contributed by atoms with Crippen LogP contribution in [0.2, 0.25) is 0 Å². The number of nitrogens with zero attached hydrogens (tertiary/aromatic N) is 2. The number of hydrogen-bond donors (Lipinski definition) is 1. The van der Waals surface area contributed by atoms with Crippen molar-refractivity contribution in [1.29, 1.82) is 0 Å². The highest BCUT2D eigenvalue weighted by atomic mass is 16.4. The number of imidazole rings is 1. The predicted molar refractivity (Wildman–Crippen MR) is 85.7 cm³/mol. The summed E-state index contributed by atoms with van der Waals surface area (Å²) in [6.45, 7) is 1.55. The number of aryl methyl sites for hydroxylation is 1. The number of fused-ring (bicyclic) bond motifs is 1. The standard InChI is InChI=1S/C18H19N3O2/c19-11-3-6-17-20-15-4-1-2-5-16(15)21(17)12-13-7-9-14(10-8-13)18(22)23/h1-2,4-5,7-10H,3,6,11-12,19H2,(H,22,23). The predicted octanol–water partition coefficient (Wildman–Crippen LogP) is 0.623. The third kappa shape index (κ3) is 3.24. The molecule has 1 heterocycles. The fraction of sp³-hybridized carbons (Fsp3) is 0.222. The second-order valence-corrected chi connectivity index (χ2v) is 5.54. The Morgan fingerprint density at radius 2 is 1.87 bits per heavy atom. The van der Waals surface area contributed by atoms with Gasteiger partial charge in [0.25, 0.3) is 0 Å². The number of hydrogen-bond acceptors (Lipinski definition) is 3. The molecule has 5 nitrogen and oxygen atoms in total. The number of aromatic nitrogens is 2. The van der Waals surface area contributed by atoms with Gasteiger partial charge in [-0.15, -0.1) is 0 Å². The lowest BCUT2D eigenvalue weighted by Gasteiger charge is -2.10. The first-order chi connectivity index (χ1) is 11.2. The summed E-state index contributed by atoms with van der Waals surface area (Å²) < 4.78 is 2.19. The second kappa shape index (κ2) is 6.62. The molecular weight excluding hydrogens is 290 g/mol. The zero-order valence-electron chi connectivity index (χ0n) is 12.9. The minimum atomic E-state index is -1.15. The first kappa shape index (κ1) is 15.2. The van der Waals surface area contributed by atoms with Crippen LogP contribution in [0.4, 0.5) is 0 Å². The molecule has 0 aliphatic carbocycles. The minimum Gasteiger partial charge on any atom is -0.545 e. The Morgan fingerprint density at radius 3 is 2.57 bits per heavy atom. The lowest BCUT2D eigenvalue weighted by molar-refractivity contribution is -0.368. The van der Waals surface area contributed by atoms with E-state index in [1.807, 2.05) is 30.3 Å². The van der Waals surface area contributed by atoms with E-state index in [1.165, 1.54) is 0 Å². The van der Waals surface area contributed by atoms with Gasteiger partial charge in [0, 0.05) is 19.4 Å². The molecule has 0 fully saturated rings. The van der Waals surface area contributed by atoms with Gasteiger partial charge in [-0.05, 0) is 23.3 Å². The van der Waals surface area contributed by atoms with Gasteiger partial charge in [0.1, 0.15) is 5.82 Å². The van der Waals surface area contributed by atoms with Gasteiger partial charge in [-0.2, -0.15) is 0 Å². The van der Waals surface area contributed by atoms with E-state index in [4.69, 9.17) is 4.98 Å². The Hall–Kier alpha value is -2.66. The van der Waals surface area contributed by atoms with Crippen molar-refractivity contribution in [1.82, 2.24) is 9.55 Å². The zero-order chi connectivity index (χ0) is 16.2. The molecule has 0 radical (unpaired) electrons. The maximum Gasteiger partial charge on any atom is 0.110 e. The molecule has 23 heavy (non-hydrogen) atoms. The van der Waals surface area contributed by atoms with Crippen molar-refractivity contribution >= 4 is 17.0 Å². The summed E-state index contributed by atoms with van der Waals surface area (Å²) in [5.74, 6) is -0.111. The van der Waals surface area contributed by atoms with Gasteiger partial charge in [0.15, 0.2) is 0 Å². The molecule has 5 heteroatoms. The van der Waals surface area contributed by atoms with E-state index in [0.717, 1.165) is 41.8 Å². The smallest absolute Gasteiger partial charge is 0.110 e. The fourth-order valence-electron chi connectivity index (χ4n) is 2.70. The zero-order valence-corrected chi connectivity index (χ0v) is 12.9. The molecule has 3 aromatic rings. The number of carboxylic acid groups (broad SMARTS) is 1. The van der Waals surface area contributed by atoms with Gasteiger partial charge in [0.2, 0.25) is 0 Å². The SMILES string of the molecule is [NH3+]CCCc1nc2ccccc2n1Cc1ccc(C(=O)[O-])cc1. The molecular formula is C18H19N3O2. The maximum atomic E-state index is 10.8. The van der Waals surface area contributed by atoms with Crippen LogP contribution in [0.25, 0.3) is 11.0 Å². The largest absolute Gasteiger partial charge is 0.545 e. The number of carbonyl (C=O) groups excluding carboxylic acids is 1. The highest BCUT2D eigenvalue weighted by molar-refractivity contribution is 5.85. The van der Waals surface area contributed by atoms with Crippen LogP contribution in [0.1, 0.15) is 28.2 Å². The molecule has 0 saturated heterocycles. The van der Waals surface area contributed by atoms with Gasteiger partial charge < -0.3 is 20.2 Å². The summed E-state index contributed by atoms with van der Waals surface area (Å²) in [4.78, 5) is 15.6. The average molecular weight is 309 g/mol. The van der Waals surface area contributed by atoms with Gasteiger partial charge in [0.05, 0.1) is 23.5 Å². The number of para-hydroxylation sites is 2. The summed E-state index contributed by atoms with van der Waals surface area (Å²) in [6, 6.07) is 14.9. The highest BCUT2D eigenvalue weighted by Gasteiger charge is 2.10. The van der Waals surface area contributed by atoms with Crippen molar-refractivity contribution in [3.8, 4) is 0 Å². The molecule has 0 aliphatic rings. The molecule has 3 rings (SSSR count). The topological polar surface area (TPSA) is 85.6 Å². The van der Waals surface area contributed by atoms with Crippen molar-refractivity contribution in [3.63, 3.8) is 0 Å². The normalized spacial score (nSPS) is 11.0. The van der Waals surface area contributed by atoms with Crippen molar-refractivity contribution in [2.24, 2.45) is 0 Å². The monoisotopic (exact) mass is 309 g/mol. The van der Waals surface area contributed by atoms with Crippen molar-refractivity contribution in [3.05, 3.63) is 65.5 Å². The van der Waals surface area contributed by atoms with Crippen LogP contribution in [0, 0.1) is 0 Å². The molecule has 0 spiro atoms. The van der Waals surface area contributed by atoms with Gasteiger partial charge in [-0.3, -0.25) is 0 Å². The lowest BCUT2D eigenvalue weighted by Crippen LogP contribution is -2.50. The number of quaternary nitrogens is 1. The first-order valence-electron chi connectivity index (χ1n) is 7.72. The summed E-state index contributed by atoms with van der Waals surface area (Å²) in [6.07, 6.45) is 1.88. The minimum absolute atomic E-state index is 0.196. The number of aromatic carboxylic acids is 1. The maximum absolute atomic E-state index is 10.8. The third-order valence-electron chi connectivity index (χ3n) is 3.91. The molecule has 3 N–H and O–H groups in total. The Morgan fingerprint density at radius 1 is 1.13 bits per heavy atom. The van der Waals surface area contributed by atoms with Gasteiger partial charge >= 0.3 is 0 Å². The van der Waals surface area contributed by atoms with Crippen LogP contribution >= 0.6 is 0 Å². The Kier molecular flexibility index (Phi) is 4.39. The summed E-state index contributed by atoms with van der Waals surface area (Å²) in [7, 11) is 0. The van der Waals surface area contributed by atoms with E-state index < -0.39 is 5.97 Å². The molecule has 0 bridgehead atoms. The molecule has 118 valence electrons. The van der Waals surface area contributed by atoms with Crippen LogP contribution in [0.15, 0.2) is 48.5 Å². The van der Waals surface area contributed by atoms with Crippen LogP contribution in [0.5, 0.6) is 0 Å². The summed E-state index contributed by atoms with van der Waals surface area (Å²) in [5.41, 5.74) is 7.21. The van der Waals surface area contributed by atoms with E-state index in [2.05, 4.69) is 16.4 Å². The third-order valence-corrected chi connectivity index (χ3v) is 3.91. The van der Waals surface area contributed by atoms with E-state index in [9.17, 15) is 9.90 Å². The molecule has 0 saturated carbocycles.